The summed E-state index contributed by atoms with van der Waals surface area (Å²) in [6, 6.07) is 0.0136. The Bertz CT molecular complexity index is 217. The Morgan fingerprint density at radius 3 is 2.75 bits per heavy atom. The van der Waals surface area contributed by atoms with Crippen LogP contribution in [0.1, 0.15) is 20.3 Å². The van der Waals surface area contributed by atoms with Crippen molar-refractivity contribution in [3.63, 3.8) is 0 Å². The first-order valence-electron chi connectivity index (χ1n) is 5.69. The highest BCUT2D eigenvalue weighted by Gasteiger charge is 2.24. The molecule has 5 heteroatoms. The van der Waals surface area contributed by atoms with Gasteiger partial charge in [-0.2, -0.15) is 0 Å². The second-order valence-corrected chi connectivity index (χ2v) is 4.73. The maximum absolute atomic E-state index is 11.8. The van der Waals surface area contributed by atoms with Crippen molar-refractivity contribution in [1.29, 1.82) is 0 Å². The Morgan fingerprint density at radius 1 is 1.50 bits per heavy atom. The highest BCUT2D eigenvalue weighted by molar-refractivity contribution is 6.18. The van der Waals surface area contributed by atoms with Gasteiger partial charge in [0.1, 0.15) is 0 Å². The van der Waals surface area contributed by atoms with Gasteiger partial charge in [0, 0.05) is 11.9 Å². The van der Waals surface area contributed by atoms with Crippen LogP contribution in [0.3, 0.4) is 0 Å². The van der Waals surface area contributed by atoms with Crippen molar-refractivity contribution >= 4 is 17.5 Å². The molecule has 2 unspecified atom stereocenters. The Hall–Kier alpha value is -0.320. The average Bonchev–Trinajstić information content (AvgIpc) is 2.28. The summed E-state index contributed by atoms with van der Waals surface area (Å²) in [6.45, 7) is 5.59. The third-order valence-electron chi connectivity index (χ3n) is 2.40. The zero-order chi connectivity index (χ0) is 12.0. The van der Waals surface area contributed by atoms with Gasteiger partial charge in [-0.3, -0.25) is 4.79 Å². The van der Waals surface area contributed by atoms with E-state index in [9.17, 15) is 4.79 Å². The van der Waals surface area contributed by atoms with Gasteiger partial charge in [-0.25, -0.2) is 0 Å². The maximum Gasteiger partial charge on any atom is 0.251 e. The van der Waals surface area contributed by atoms with Crippen LogP contribution in [0.25, 0.3) is 0 Å². The molecule has 16 heavy (non-hydrogen) atoms. The number of amides is 1. The lowest BCUT2D eigenvalue weighted by atomic mass is 10.0. The van der Waals surface area contributed by atoms with Gasteiger partial charge in [0.25, 0.3) is 5.91 Å². The number of carbonyl (C=O) groups excluding carboxylic acids is 1. The van der Waals surface area contributed by atoms with E-state index in [2.05, 4.69) is 19.2 Å². The number of alkyl halides is 1. The van der Waals surface area contributed by atoms with Crippen LogP contribution in [0.15, 0.2) is 0 Å². The summed E-state index contributed by atoms with van der Waals surface area (Å²) in [7, 11) is 0. The Balaban J connectivity index is 2.35. The molecule has 0 spiro atoms. The average molecular weight is 250 g/mol. The van der Waals surface area contributed by atoms with E-state index >= 15 is 0 Å². The third-order valence-corrected chi connectivity index (χ3v) is 2.77. The topological polar surface area (TPSA) is 47.6 Å². The lowest BCUT2D eigenvalue weighted by Crippen LogP contribution is -2.47. The van der Waals surface area contributed by atoms with Gasteiger partial charge in [0.15, 0.2) is 6.10 Å². The predicted molar refractivity (Wildman–Crippen MR) is 62.7 cm³/mol. The van der Waals surface area contributed by atoms with Gasteiger partial charge in [0.2, 0.25) is 0 Å². The van der Waals surface area contributed by atoms with Crippen molar-refractivity contribution in [2.75, 3.05) is 25.7 Å². The molecule has 0 aliphatic carbocycles. The van der Waals surface area contributed by atoms with Crippen LogP contribution in [0, 0.1) is 5.92 Å². The SMILES string of the molecule is CC(C)CC(CCl)NC(=O)C1COCCO1. The van der Waals surface area contributed by atoms with E-state index in [1.807, 2.05) is 0 Å². The molecule has 1 fully saturated rings. The van der Waals surface area contributed by atoms with Crippen LogP contribution in [0.2, 0.25) is 0 Å². The molecule has 1 heterocycles. The van der Waals surface area contributed by atoms with E-state index < -0.39 is 6.10 Å². The number of hydrogen-bond acceptors (Lipinski definition) is 3. The first-order chi connectivity index (χ1) is 7.63. The largest absolute Gasteiger partial charge is 0.376 e. The second kappa shape index (κ2) is 7.09. The van der Waals surface area contributed by atoms with Gasteiger partial charge in [0.05, 0.1) is 19.8 Å². The molecular formula is C11H20ClNO3. The molecule has 1 amide bonds. The van der Waals surface area contributed by atoms with Crippen LogP contribution in [-0.4, -0.2) is 43.8 Å². The molecule has 1 aliphatic heterocycles. The Morgan fingerprint density at radius 2 is 2.25 bits per heavy atom. The molecule has 94 valence electrons. The van der Waals surface area contributed by atoms with Crippen molar-refractivity contribution in [3.8, 4) is 0 Å². The summed E-state index contributed by atoms with van der Waals surface area (Å²) in [5.74, 6) is 0.816. The van der Waals surface area contributed by atoms with Crippen LogP contribution >= 0.6 is 11.6 Å². The third kappa shape index (κ3) is 4.68. The molecule has 1 N–H and O–H groups in total. The van der Waals surface area contributed by atoms with E-state index in [0.29, 0.717) is 31.6 Å². The zero-order valence-corrected chi connectivity index (χ0v) is 10.6. The molecule has 0 radical (unpaired) electrons. The van der Waals surface area contributed by atoms with E-state index in [0.717, 1.165) is 6.42 Å². The number of nitrogens with one attached hydrogen (secondary N) is 1. The van der Waals surface area contributed by atoms with E-state index in [4.69, 9.17) is 21.1 Å². The van der Waals surface area contributed by atoms with E-state index in [1.165, 1.54) is 0 Å². The smallest absolute Gasteiger partial charge is 0.251 e. The summed E-state index contributed by atoms with van der Waals surface area (Å²) >= 11 is 5.81. The fourth-order valence-electron chi connectivity index (χ4n) is 1.66. The number of carbonyl (C=O) groups is 1. The molecule has 0 saturated carbocycles. The highest BCUT2D eigenvalue weighted by atomic mass is 35.5. The molecular weight excluding hydrogens is 230 g/mol. The second-order valence-electron chi connectivity index (χ2n) is 4.42. The minimum atomic E-state index is -0.480. The molecule has 1 saturated heterocycles. The van der Waals surface area contributed by atoms with Crippen molar-refractivity contribution in [2.24, 2.45) is 5.92 Å². The Kier molecular flexibility index (Phi) is 6.09. The lowest BCUT2D eigenvalue weighted by Gasteiger charge is -2.25. The van der Waals surface area contributed by atoms with Crippen molar-refractivity contribution in [3.05, 3.63) is 0 Å². The minimum Gasteiger partial charge on any atom is -0.376 e. The van der Waals surface area contributed by atoms with Crippen molar-refractivity contribution in [2.45, 2.75) is 32.4 Å². The van der Waals surface area contributed by atoms with Crippen molar-refractivity contribution < 1.29 is 14.3 Å². The first-order valence-corrected chi connectivity index (χ1v) is 6.22. The summed E-state index contributed by atoms with van der Waals surface area (Å²) in [6.07, 6.45) is 0.398. The van der Waals surface area contributed by atoms with E-state index in [1.54, 1.807) is 0 Å². The van der Waals surface area contributed by atoms with Gasteiger partial charge in [-0.15, -0.1) is 11.6 Å². The number of rotatable bonds is 5. The molecule has 0 aromatic heterocycles. The van der Waals surface area contributed by atoms with Gasteiger partial charge in [-0.1, -0.05) is 13.8 Å². The molecule has 2 atom stereocenters. The van der Waals surface area contributed by atoms with Crippen LogP contribution in [0.4, 0.5) is 0 Å². The quantitative estimate of drug-likeness (QED) is 0.745. The predicted octanol–water partition coefficient (Wildman–Crippen LogP) is 1.17. The molecule has 1 rings (SSSR count). The fourth-order valence-corrected chi connectivity index (χ4v) is 1.87. The van der Waals surface area contributed by atoms with Crippen LogP contribution in [-0.2, 0) is 14.3 Å². The summed E-state index contributed by atoms with van der Waals surface area (Å²) in [5.41, 5.74) is 0. The highest BCUT2D eigenvalue weighted by Crippen LogP contribution is 2.08. The number of ether oxygens (including phenoxy) is 2. The number of hydrogen-bond donors (Lipinski definition) is 1. The summed E-state index contributed by atoms with van der Waals surface area (Å²) in [4.78, 5) is 11.8. The monoisotopic (exact) mass is 249 g/mol. The van der Waals surface area contributed by atoms with Gasteiger partial charge >= 0.3 is 0 Å². The van der Waals surface area contributed by atoms with Crippen LogP contribution in [0.5, 0.6) is 0 Å². The Labute approximate surface area is 102 Å². The molecule has 1 aliphatic rings. The molecule has 4 nitrogen and oxygen atoms in total. The van der Waals surface area contributed by atoms with Gasteiger partial charge < -0.3 is 14.8 Å². The minimum absolute atomic E-state index is 0.0136. The summed E-state index contributed by atoms with van der Waals surface area (Å²) in [5, 5.41) is 2.89. The standard InChI is InChI=1S/C11H20ClNO3/c1-8(2)5-9(6-12)13-11(14)10-7-15-3-4-16-10/h8-10H,3-7H2,1-2H3,(H,13,14). The summed E-state index contributed by atoms with van der Waals surface area (Å²) < 4.78 is 10.5. The molecule has 0 aromatic carbocycles. The maximum atomic E-state index is 11.8. The van der Waals surface area contributed by atoms with Crippen molar-refractivity contribution in [1.82, 2.24) is 5.32 Å². The van der Waals surface area contributed by atoms with Crippen LogP contribution < -0.4 is 5.32 Å². The first kappa shape index (κ1) is 13.7. The van der Waals surface area contributed by atoms with E-state index in [-0.39, 0.29) is 11.9 Å². The molecule has 0 aromatic rings. The number of halogens is 1. The fraction of sp³-hybridized carbons (Fsp3) is 0.909. The zero-order valence-electron chi connectivity index (χ0n) is 9.87. The lowest BCUT2D eigenvalue weighted by molar-refractivity contribution is -0.148. The van der Waals surface area contributed by atoms with Gasteiger partial charge in [-0.05, 0) is 12.3 Å². The molecule has 0 bridgehead atoms. The normalized spacial score (nSPS) is 23.1.